The summed E-state index contributed by atoms with van der Waals surface area (Å²) < 4.78 is 25.4. The van der Waals surface area contributed by atoms with Gasteiger partial charge in [-0.25, -0.2) is 8.42 Å². The zero-order chi connectivity index (χ0) is 18.6. The number of sulfone groups is 1. The van der Waals surface area contributed by atoms with Crippen molar-refractivity contribution in [2.24, 2.45) is 5.92 Å². The summed E-state index contributed by atoms with van der Waals surface area (Å²) in [7, 11) is -1.58. The Bertz CT molecular complexity index is 866. The van der Waals surface area contributed by atoms with E-state index < -0.39 is 9.84 Å². The maximum Gasteiger partial charge on any atom is 0.254 e. The summed E-state index contributed by atoms with van der Waals surface area (Å²) in [5.74, 6) is 0.193. The van der Waals surface area contributed by atoms with E-state index in [9.17, 15) is 13.2 Å². The Balaban J connectivity index is 1.82. The third-order valence-electron chi connectivity index (χ3n) is 4.76. The maximum absolute atomic E-state index is 13.0. The lowest BCUT2D eigenvalue weighted by Crippen LogP contribution is -2.31. The number of likely N-dealkylation sites (tertiary alicyclic amines) is 1. The number of carbonyl (C=O) groups is 1. The molecule has 6 heteroatoms. The SMILES string of the molecule is CNC[C@@H]1CCN(C(=O)c2ccccc2CS(=O)(=O)c2ccccc2)C1. The molecule has 5 nitrogen and oxygen atoms in total. The molecule has 1 aliphatic heterocycles. The van der Waals surface area contributed by atoms with Gasteiger partial charge < -0.3 is 10.2 Å². The highest BCUT2D eigenvalue weighted by molar-refractivity contribution is 7.90. The van der Waals surface area contributed by atoms with Crippen LogP contribution in [0.15, 0.2) is 59.5 Å². The van der Waals surface area contributed by atoms with Crippen molar-refractivity contribution in [3.05, 3.63) is 65.7 Å². The van der Waals surface area contributed by atoms with Crippen molar-refractivity contribution >= 4 is 15.7 Å². The lowest BCUT2D eigenvalue weighted by molar-refractivity contribution is 0.0786. The minimum atomic E-state index is -3.49. The number of hydrogen-bond donors (Lipinski definition) is 1. The normalized spacial score (nSPS) is 17.4. The largest absolute Gasteiger partial charge is 0.338 e. The fourth-order valence-electron chi connectivity index (χ4n) is 3.41. The van der Waals surface area contributed by atoms with Gasteiger partial charge in [0.25, 0.3) is 5.91 Å². The quantitative estimate of drug-likeness (QED) is 0.845. The van der Waals surface area contributed by atoms with Crippen LogP contribution in [-0.4, -0.2) is 45.9 Å². The first-order chi connectivity index (χ1) is 12.5. The van der Waals surface area contributed by atoms with Gasteiger partial charge in [-0.3, -0.25) is 4.79 Å². The molecule has 1 amide bonds. The summed E-state index contributed by atoms with van der Waals surface area (Å²) in [5, 5.41) is 3.15. The molecule has 0 bridgehead atoms. The molecule has 1 heterocycles. The van der Waals surface area contributed by atoms with Gasteiger partial charge in [0, 0.05) is 18.7 Å². The molecule has 0 aliphatic carbocycles. The molecule has 2 aromatic carbocycles. The molecule has 26 heavy (non-hydrogen) atoms. The van der Waals surface area contributed by atoms with E-state index in [1.165, 1.54) is 0 Å². The zero-order valence-electron chi connectivity index (χ0n) is 14.9. The van der Waals surface area contributed by atoms with Gasteiger partial charge in [-0.05, 0) is 49.7 Å². The molecule has 0 saturated carbocycles. The third kappa shape index (κ3) is 4.14. The Hall–Kier alpha value is -2.18. The van der Waals surface area contributed by atoms with Gasteiger partial charge in [-0.2, -0.15) is 0 Å². The van der Waals surface area contributed by atoms with E-state index in [0.717, 1.165) is 13.0 Å². The monoisotopic (exact) mass is 372 g/mol. The molecule has 0 unspecified atom stereocenters. The van der Waals surface area contributed by atoms with Crippen LogP contribution >= 0.6 is 0 Å². The lowest BCUT2D eigenvalue weighted by Gasteiger charge is -2.19. The zero-order valence-corrected chi connectivity index (χ0v) is 15.7. The highest BCUT2D eigenvalue weighted by atomic mass is 32.2. The number of rotatable bonds is 6. The summed E-state index contributed by atoms with van der Waals surface area (Å²) in [4.78, 5) is 15.1. The summed E-state index contributed by atoms with van der Waals surface area (Å²) in [6.07, 6.45) is 0.969. The molecule has 1 aliphatic rings. The predicted octanol–water partition coefficient (Wildman–Crippen LogP) is 2.34. The second-order valence-corrected chi connectivity index (χ2v) is 8.68. The van der Waals surface area contributed by atoms with Gasteiger partial charge in [0.2, 0.25) is 0 Å². The Morgan fingerprint density at radius 3 is 2.54 bits per heavy atom. The first kappa shape index (κ1) is 18.6. The van der Waals surface area contributed by atoms with Crippen molar-refractivity contribution in [3.8, 4) is 0 Å². The van der Waals surface area contributed by atoms with E-state index in [1.807, 2.05) is 11.9 Å². The molecule has 1 atom stereocenters. The summed E-state index contributed by atoms with van der Waals surface area (Å²) >= 11 is 0. The highest BCUT2D eigenvalue weighted by Gasteiger charge is 2.28. The first-order valence-electron chi connectivity index (χ1n) is 8.81. The van der Waals surface area contributed by atoms with Gasteiger partial charge in [0.1, 0.15) is 0 Å². The van der Waals surface area contributed by atoms with E-state index in [1.54, 1.807) is 54.6 Å². The maximum atomic E-state index is 13.0. The van der Waals surface area contributed by atoms with Crippen LogP contribution in [0.3, 0.4) is 0 Å². The van der Waals surface area contributed by atoms with Gasteiger partial charge in [-0.1, -0.05) is 36.4 Å². The minimum Gasteiger partial charge on any atom is -0.338 e. The number of hydrogen-bond acceptors (Lipinski definition) is 4. The molecule has 1 fully saturated rings. The molecule has 2 aromatic rings. The van der Waals surface area contributed by atoms with Gasteiger partial charge in [0.05, 0.1) is 10.6 Å². The molecule has 0 aromatic heterocycles. The molecule has 1 N–H and O–H groups in total. The molecule has 3 rings (SSSR count). The lowest BCUT2D eigenvalue weighted by atomic mass is 10.1. The van der Waals surface area contributed by atoms with Gasteiger partial charge >= 0.3 is 0 Å². The van der Waals surface area contributed by atoms with Crippen molar-refractivity contribution in [3.63, 3.8) is 0 Å². The fourth-order valence-corrected chi connectivity index (χ4v) is 4.81. The Labute approximate surface area is 154 Å². The Kier molecular flexibility index (Phi) is 5.74. The van der Waals surface area contributed by atoms with E-state index in [-0.39, 0.29) is 16.6 Å². The number of carbonyl (C=O) groups excluding carboxylic acids is 1. The van der Waals surface area contributed by atoms with Crippen LogP contribution in [0.25, 0.3) is 0 Å². The molecular weight excluding hydrogens is 348 g/mol. The molecule has 138 valence electrons. The van der Waals surface area contributed by atoms with E-state index in [4.69, 9.17) is 0 Å². The van der Waals surface area contributed by atoms with Crippen LogP contribution in [0.1, 0.15) is 22.3 Å². The summed E-state index contributed by atoms with van der Waals surface area (Å²) in [5.41, 5.74) is 1.04. The van der Waals surface area contributed by atoms with E-state index in [2.05, 4.69) is 5.32 Å². The average molecular weight is 372 g/mol. The topological polar surface area (TPSA) is 66.5 Å². The van der Waals surface area contributed by atoms with Crippen LogP contribution in [-0.2, 0) is 15.6 Å². The Morgan fingerprint density at radius 2 is 1.81 bits per heavy atom. The van der Waals surface area contributed by atoms with Crippen molar-refractivity contribution in [1.82, 2.24) is 10.2 Å². The summed E-state index contributed by atoms with van der Waals surface area (Å²) in [6, 6.07) is 15.4. The van der Waals surface area contributed by atoms with Crippen molar-refractivity contribution < 1.29 is 13.2 Å². The average Bonchev–Trinajstić information content (AvgIpc) is 3.11. The van der Waals surface area contributed by atoms with Crippen LogP contribution < -0.4 is 5.32 Å². The second kappa shape index (κ2) is 8.01. The van der Waals surface area contributed by atoms with Crippen molar-refractivity contribution in [2.75, 3.05) is 26.7 Å². The number of benzene rings is 2. The van der Waals surface area contributed by atoms with E-state index in [0.29, 0.717) is 30.1 Å². The molecule has 0 radical (unpaired) electrons. The van der Waals surface area contributed by atoms with Crippen LogP contribution in [0.2, 0.25) is 0 Å². The predicted molar refractivity (Wildman–Crippen MR) is 102 cm³/mol. The van der Waals surface area contributed by atoms with Crippen molar-refractivity contribution in [1.29, 1.82) is 0 Å². The highest BCUT2D eigenvalue weighted by Crippen LogP contribution is 2.23. The van der Waals surface area contributed by atoms with Crippen LogP contribution in [0.4, 0.5) is 0 Å². The number of amides is 1. The summed E-state index contributed by atoms with van der Waals surface area (Å²) in [6.45, 7) is 2.30. The van der Waals surface area contributed by atoms with Gasteiger partial charge in [0.15, 0.2) is 9.84 Å². The first-order valence-corrected chi connectivity index (χ1v) is 10.5. The van der Waals surface area contributed by atoms with Crippen LogP contribution in [0, 0.1) is 5.92 Å². The molecule has 1 saturated heterocycles. The van der Waals surface area contributed by atoms with Gasteiger partial charge in [-0.15, -0.1) is 0 Å². The number of nitrogens with one attached hydrogen (secondary N) is 1. The standard InChI is InChI=1S/C20H24N2O3S/c1-21-13-16-11-12-22(14-16)20(23)19-10-6-5-7-17(19)15-26(24,25)18-8-3-2-4-9-18/h2-10,16,21H,11-15H2,1H3/t16-/m0/s1. The fraction of sp³-hybridized carbons (Fsp3) is 0.350. The Morgan fingerprint density at radius 1 is 1.12 bits per heavy atom. The second-order valence-electron chi connectivity index (χ2n) is 6.69. The van der Waals surface area contributed by atoms with Crippen molar-refractivity contribution in [2.45, 2.75) is 17.1 Å². The molecule has 0 spiro atoms. The van der Waals surface area contributed by atoms with Crippen LogP contribution in [0.5, 0.6) is 0 Å². The number of nitrogens with zero attached hydrogens (tertiary/aromatic N) is 1. The minimum absolute atomic E-state index is 0.0811. The smallest absolute Gasteiger partial charge is 0.254 e. The molecular formula is C20H24N2O3S. The van der Waals surface area contributed by atoms with E-state index >= 15 is 0 Å². The third-order valence-corrected chi connectivity index (χ3v) is 6.44.